The Balaban J connectivity index is 1.59. The summed E-state index contributed by atoms with van der Waals surface area (Å²) in [7, 11) is 0. The van der Waals surface area contributed by atoms with E-state index in [1.165, 1.54) is 11.3 Å². The lowest BCUT2D eigenvalue weighted by Gasteiger charge is -2.19. The minimum absolute atomic E-state index is 0.152. The number of phenols is 1. The summed E-state index contributed by atoms with van der Waals surface area (Å²) in [6, 6.07) is 16.3. The van der Waals surface area contributed by atoms with Crippen molar-refractivity contribution in [2.24, 2.45) is 0 Å². The van der Waals surface area contributed by atoms with E-state index < -0.39 is 0 Å². The minimum Gasteiger partial charge on any atom is -0.508 e. The quantitative estimate of drug-likeness (QED) is 0.500. The van der Waals surface area contributed by atoms with Gasteiger partial charge >= 0.3 is 0 Å². The fourth-order valence-electron chi connectivity index (χ4n) is 3.18. The number of anilines is 1. The lowest BCUT2D eigenvalue weighted by molar-refractivity contribution is 0.461. The van der Waals surface area contributed by atoms with Crippen LogP contribution in [-0.4, -0.2) is 17.7 Å². The van der Waals surface area contributed by atoms with Crippen LogP contribution in [0.5, 0.6) is 5.75 Å². The van der Waals surface area contributed by atoms with Gasteiger partial charge in [0.05, 0.1) is 5.37 Å². The van der Waals surface area contributed by atoms with Gasteiger partial charge in [0, 0.05) is 23.2 Å². The van der Waals surface area contributed by atoms with Crippen LogP contribution in [0.4, 0.5) is 5.69 Å². The van der Waals surface area contributed by atoms with Crippen molar-refractivity contribution in [3.8, 4) is 5.75 Å². The largest absolute Gasteiger partial charge is 0.508 e. The van der Waals surface area contributed by atoms with Crippen LogP contribution >= 0.6 is 12.6 Å². The van der Waals surface area contributed by atoms with Gasteiger partial charge in [-0.15, -0.1) is 0 Å². The van der Waals surface area contributed by atoms with E-state index in [1.807, 2.05) is 18.2 Å². The molecule has 2 aromatic carbocycles. The molecule has 116 valence electrons. The van der Waals surface area contributed by atoms with Crippen LogP contribution in [0.15, 0.2) is 48.5 Å². The maximum absolute atomic E-state index is 9.87. The van der Waals surface area contributed by atoms with Crippen LogP contribution in [0.1, 0.15) is 35.8 Å². The van der Waals surface area contributed by atoms with Gasteiger partial charge in [0.15, 0.2) is 0 Å². The Morgan fingerprint density at radius 3 is 2.73 bits per heavy atom. The first kappa shape index (κ1) is 15.3. The van der Waals surface area contributed by atoms with Crippen LogP contribution in [0.3, 0.4) is 0 Å². The Bertz CT molecular complexity index is 646. The summed E-state index contributed by atoms with van der Waals surface area (Å²) >= 11 is 4.56. The van der Waals surface area contributed by atoms with Gasteiger partial charge in [-0.1, -0.05) is 36.4 Å². The van der Waals surface area contributed by atoms with Crippen LogP contribution in [0.2, 0.25) is 0 Å². The number of hydrogen-bond acceptors (Lipinski definition) is 4. The molecule has 3 nitrogen and oxygen atoms in total. The Morgan fingerprint density at radius 1 is 1.18 bits per heavy atom. The van der Waals surface area contributed by atoms with Crippen LogP contribution in [0.25, 0.3) is 0 Å². The number of thiol groups is 1. The van der Waals surface area contributed by atoms with E-state index >= 15 is 0 Å². The summed E-state index contributed by atoms with van der Waals surface area (Å²) in [5.41, 5.74) is 3.47. The zero-order valence-electron chi connectivity index (χ0n) is 12.7. The van der Waals surface area contributed by atoms with E-state index in [9.17, 15) is 5.11 Å². The average Bonchev–Trinajstić information content (AvgIpc) is 2.83. The van der Waals surface area contributed by atoms with Crippen LogP contribution < -0.4 is 10.6 Å². The van der Waals surface area contributed by atoms with E-state index in [1.54, 1.807) is 6.07 Å². The first-order valence-electron chi connectivity index (χ1n) is 7.71. The molecule has 3 N–H and O–H groups in total. The lowest BCUT2D eigenvalue weighted by atomic mass is 9.93. The van der Waals surface area contributed by atoms with Gasteiger partial charge < -0.3 is 15.7 Å². The van der Waals surface area contributed by atoms with Gasteiger partial charge in [0.1, 0.15) is 5.75 Å². The molecule has 0 amide bonds. The predicted molar refractivity (Wildman–Crippen MR) is 94.7 cm³/mol. The molecule has 2 unspecified atom stereocenters. The second-order valence-electron chi connectivity index (χ2n) is 5.83. The Hall–Kier alpha value is -1.65. The fourth-order valence-corrected chi connectivity index (χ4v) is 3.52. The summed E-state index contributed by atoms with van der Waals surface area (Å²) in [4.78, 5) is 0. The van der Waals surface area contributed by atoms with E-state index in [0.717, 1.165) is 18.5 Å². The summed E-state index contributed by atoms with van der Waals surface area (Å²) in [6.07, 6.45) is 1.04. The zero-order valence-corrected chi connectivity index (χ0v) is 13.6. The summed E-state index contributed by atoms with van der Waals surface area (Å²) in [5.74, 6) is 0.796. The van der Waals surface area contributed by atoms with Crippen molar-refractivity contribution in [1.29, 1.82) is 0 Å². The average molecular weight is 314 g/mol. The molecule has 1 aliphatic heterocycles. The van der Waals surface area contributed by atoms with E-state index in [0.29, 0.717) is 12.0 Å². The van der Waals surface area contributed by atoms with Gasteiger partial charge in [0.25, 0.3) is 0 Å². The highest BCUT2D eigenvalue weighted by atomic mass is 32.1. The normalized spacial score (nSPS) is 21.2. The molecule has 0 saturated carbocycles. The predicted octanol–water partition coefficient (Wildman–Crippen LogP) is 3.90. The molecule has 1 heterocycles. The van der Waals surface area contributed by atoms with Crippen molar-refractivity contribution in [2.45, 2.75) is 30.7 Å². The number of nitrogens with one attached hydrogen (secondary N) is 2. The molecule has 0 aliphatic carbocycles. The molecule has 3 rings (SSSR count). The molecule has 1 aliphatic rings. The van der Waals surface area contributed by atoms with Crippen molar-refractivity contribution in [2.75, 3.05) is 11.9 Å². The van der Waals surface area contributed by atoms with Crippen LogP contribution in [-0.2, 0) is 0 Å². The number of phenolic OH excluding ortho intramolecular Hbond substituents is 1. The number of hydrogen-bond donors (Lipinski definition) is 4. The van der Waals surface area contributed by atoms with Crippen molar-refractivity contribution < 1.29 is 5.11 Å². The number of benzene rings is 2. The molecule has 0 spiro atoms. The maximum Gasteiger partial charge on any atom is 0.121 e. The van der Waals surface area contributed by atoms with Gasteiger partial charge in [-0.3, -0.25) is 0 Å². The highest BCUT2D eigenvalue weighted by Gasteiger charge is 2.28. The Kier molecular flexibility index (Phi) is 4.60. The van der Waals surface area contributed by atoms with E-state index in [2.05, 4.69) is 54.5 Å². The molecule has 0 bridgehead atoms. The lowest BCUT2D eigenvalue weighted by Crippen LogP contribution is -2.23. The molecular formula is C18H22N2OS. The molecule has 3 atom stereocenters. The Labute approximate surface area is 137 Å². The Morgan fingerprint density at radius 2 is 1.91 bits per heavy atom. The third-order valence-corrected chi connectivity index (χ3v) is 4.83. The summed E-state index contributed by atoms with van der Waals surface area (Å²) in [5, 5.41) is 16.6. The number of rotatable bonds is 5. The highest BCUT2D eigenvalue weighted by molar-refractivity contribution is 7.80. The second kappa shape index (κ2) is 6.63. The molecule has 2 aromatic rings. The number of para-hydroxylation sites is 2. The molecule has 0 radical (unpaired) electrons. The highest BCUT2D eigenvalue weighted by Crippen LogP contribution is 2.37. The van der Waals surface area contributed by atoms with Gasteiger partial charge in [0.2, 0.25) is 0 Å². The molecule has 0 aromatic heterocycles. The standard InChI is InChI=1S/C18H22N2OS/c1-12-13(14-6-2-4-8-16(14)20-12)10-11-19-18(22)15-7-3-5-9-17(15)21/h2-9,12-13,18-22H,10-11H2,1H3/t12?,13-,18?/m0/s1. The zero-order chi connectivity index (χ0) is 15.5. The van der Waals surface area contributed by atoms with E-state index in [4.69, 9.17) is 0 Å². The van der Waals surface area contributed by atoms with Crippen molar-refractivity contribution in [3.05, 3.63) is 59.7 Å². The molecule has 0 saturated heterocycles. The minimum atomic E-state index is -0.152. The third kappa shape index (κ3) is 3.08. The monoisotopic (exact) mass is 314 g/mol. The first-order chi connectivity index (χ1) is 10.7. The molecule has 4 heteroatoms. The van der Waals surface area contributed by atoms with E-state index in [-0.39, 0.29) is 11.1 Å². The van der Waals surface area contributed by atoms with Gasteiger partial charge in [-0.2, -0.15) is 12.6 Å². The van der Waals surface area contributed by atoms with Crippen LogP contribution in [0, 0.1) is 0 Å². The van der Waals surface area contributed by atoms with Crippen molar-refractivity contribution in [3.63, 3.8) is 0 Å². The summed E-state index contributed by atoms with van der Waals surface area (Å²) in [6.45, 7) is 3.08. The second-order valence-corrected chi connectivity index (χ2v) is 6.35. The smallest absolute Gasteiger partial charge is 0.121 e. The third-order valence-electron chi connectivity index (χ3n) is 4.37. The first-order valence-corrected chi connectivity index (χ1v) is 8.23. The number of fused-ring (bicyclic) bond motifs is 1. The maximum atomic E-state index is 9.87. The van der Waals surface area contributed by atoms with Crippen molar-refractivity contribution in [1.82, 2.24) is 5.32 Å². The summed E-state index contributed by atoms with van der Waals surface area (Å²) < 4.78 is 0. The van der Waals surface area contributed by atoms with Gasteiger partial charge in [-0.25, -0.2) is 0 Å². The molecular weight excluding hydrogens is 292 g/mol. The topological polar surface area (TPSA) is 44.3 Å². The van der Waals surface area contributed by atoms with Crippen molar-refractivity contribution >= 4 is 18.3 Å². The molecule has 22 heavy (non-hydrogen) atoms. The fraction of sp³-hybridized carbons (Fsp3) is 0.333. The SMILES string of the molecule is CC1Nc2ccccc2[C@H]1CCNC(S)c1ccccc1O. The van der Waals surface area contributed by atoms with Gasteiger partial charge in [-0.05, 0) is 37.6 Å². The molecule has 0 fully saturated rings. The number of aromatic hydroxyl groups is 1.